The fourth-order valence-corrected chi connectivity index (χ4v) is 3.28. The zero-order valence-corrected chi connectivity index (χ0v) is 15.6. The largest absolute Gasteiger partial charge is 0.318 e. The predicted molar refractivity (Wildman–Crippen MR) is 102 cm³/mol. The van der Waals surface area contributed by atoms with E-state index in [0.717, 1.165) is 16.6 Å². The summed E-state index contributed by atoms with van der Waals surface area (Å²) in [5.74, 6) is 1.15. The van der Waals surface area contributed by atoms with Crippen LogP contribution in [0.5, 0.6) is 0 Å². The zero-order chi connectivity index (χ0) is 19.1. The van der Waals surface area contributed by atoms with Crippen LogP contribution in [0.3, 0.4) is 0 Å². The molecule has 28 heavy (non-hydrogen) atoms. The van der Waals surface area contributed by atoms with Crippen LogP contribution in [0.4, 0.5) is 0 Å². The number of fused-ring (bicyclic) bond motifs is 1. The van der Waals surface area contributed by atoms with Crippen LogP contribution in [-0.2, 0) is 6.54 Å². The number of halogens is 2. The molecule has 138 valence electrons. The molecule has 3 heterocycles. The second kappa shape index (κ2) is 6.70. The van der Waals surface area contributed by atoms with Crippen LogP contribution >= 0.6 is 23.2 Å². The SMILES string of the molecule is Clc1cc2nc(-c3cnon3)n(Cc3ccc(-c4nn[nH]n4)cc3)c2cc1Cl. The number of rotatable bonds is 4. The Labute approximate surface area is 167 Å². The van der Waals surface area contributed by atoms with Crippen LogP contribution in [0, 0.1) is 0 Å². The van der Waals surface area contributed by atoms with Crippen molar-refractivity contribution in [3.63, 3.8) is 0 Å². The number of imidazole rings is 1. The minimum atomic E-state index is 0.438. The van der Waals surface area contributed by atoms with Crippen LogP contribution in [0.2, 0.25) is 10.0 Å². The van der Waals surface area contributed by atoms with Gasteiger partial charge in [-0.05, 0) is 28.1 Å². The van der Waals surface area contributed by atoms with Crippen molar-refractivity contribution in [1.29, 1.82) is 0 Å². The first kappa shape index (κ1) is 16.8. The van der Waals surface area contributed by atoms with Crippen molar-refractivity contribution >= 4 is 34.2 Å². The number of nitrogens with zero attached hydrogens (tertiary/aromatic N) is 7. The van der Waals surface area contributed by atoms with Crippen LogP contribution < -0.4 is 0 Å². The van der Waals surface area contributed by atoms with E-state index in [9.17, 15) is 0 Å². The molecule has 0 saturated heterocycles. The number of hydrogen-bond donors (Lipinski definition) is 1. The van der Waals surface area contributed by atoms with Gasteiger partial charge in [-0.2, -0.15) is 5.21 Å². The summed E-state index contributed by atoms with van der Waals surface area (Å²) in [4.78, 5) is 4.64. The molecule has 1 N–H and O–H groups in total. The van der Waals surface area contributed by atoms with E-state index in [1.54, 1.807) is 12.1 Å². The molecule has 5 aromatic rings. The Hall–Kier alpha value is -3.30. The number of H-pyrrole nitrogens is 1. The van der Waals surface area contributed by atoms with Crippen LogP contribution in [0.1, 0.15) is 5.56 Å². The number of nitrogens with one attached hydrogen (secondary N) is 1. The second-order valence-electron chi connectivity index (χ2n) is 6.00. The van der Waals surface area contributed by atoms with Crippen molar-refractivity contribution in [3.05, 3.63) is 58.2 Å². The van der Waals surface area contributed by atoms with Gasteiger partial charge in [0.25, 0.3) is 0 Å². The van der Waals surface area contributed by atoms with Gasteiger partial charge in [-0.1, -0.05) is 52.6 Å². The molecule has 9 nitrogen and oxygen atoms in total. The lowest BCUT2D eigenvalue weighted by molar-refractivity contribution is 0.308. The summed E-state index contributed by atoms with van der Waals surface area (Å²) < 4.78 is 6.73. The van der Waals surface area contributed by atoms with Gasteiger partial charge in [0.05, 0.1) is 21.1 Å². The summed E-state index contributed by atoms with van der Waals surface area (Å²) >= 11 is 12.4. The van der Waals surface area contributed by atoms with Gasteiger partial charge >= 0.3 is 0 Å². The highest BCUT2D eigenvalue weighted by Gasteiger charge is 2.17. The highest BCUT2D eigenvalue weighted by atomic mass is 35.5. The predicted octanol–water partition coefficient (Wildman–Crippen LogP) is 3.62. The molecule has 11 heteroatoms. The summed E-state index contributed by atoms with van der Waals surface area (Å²) in [5.41, 5.74) is 3.95. The maximum absolute atomic E-state index is 6.23. The minimum Gasteiger partial charge on any atom is -0.318 e. The van der Waals surface area contributed by atoms with E-state index in [4.69, 9.17) is 27.8 Å². The zero-order valence-electron chi connectivity index (χ0n) is 14.0. The number of benzene rings is 2. The van der Waals surface area contributed by atoms with Gasteiger partial charge in [-0.3, -0.25) is 0 Å². The van der Waals surface area contributed by atoms with Gasteiger partial charge in [0.15, 0.2) is 11.5 Å². The molecule has 0 spiro atoms. The highest BCUT2D eigenvalue weighted by Crippen LogP contribution is 2.31. The third-order valence-electron chi connectivity index (χ3n) is 4.28. The number of aromatic amines is 1. The summed E-state index contributed by atoms with van der Waals surface area (Å²) in [7, 11) is 0. The van der Waals surface area contributed by atoms with Crippen LogP contribution in [-0.4, -0.2) is 40.5 Å². The topological polar surface area (TPSA) is 111 Å². The van der Waals surface area contributed by atoms with Gasteiger partial charge in [0.2, 0.25) is 5.82 Å². The third-order valence-corrected chi connectivity index (χ3v) is 5.00. The van der Waals surface area contributed by atoms with Gasteiger partial charge in [0.1, 0.15) is 6.20 Å². The Kier molecular flexibility index (Phi) is 4.03. The molecule has 0 aliphatic heterocycles. The molecule has 0 atom stereocenters. The number of tetrazole rings is 1. The number of aromatic nitrogens is 8. The summed E-state index contributed by atoms with van der Waals surface area (Å²) in [6.45, 7) is 0.531. The fourth-order valence-electron chi connectivity index (χ4n) is 2.96. The molecule has 2 aromatic carbocycles. The quantitative estimate of drug-likeness (QED) is 0.479. The van der Waals surface area contributed by atoms with Gasteiger partial charge in [-0.15, -0.1) is 10.2 Å². The van der Waals surface area contributed by atoms with Gasteiger partial charge in [-0.25, -0.2) is 9.61 Å². The summed E-state index contributed by atoms with van der Waals surface area (Å²) in [5, 5.41) is 22.5. The molecule has 0 aliphatic rings. The molecule has 0 fully saturated rings. The van der Waals surface area contributed by atoms with E-state index in [1.165, 1.54) is 6.20 Å². The molecular weight excluding hydrogens is 403 g/mol. The van der Waals surface area contributed by atoms with Crippen molar-refractivity contribution in [3.8, 4) is 22.9 Å². The Morgan fingerprint density at radius 3 is 2.61 bits per heavy atom. The highest BCUT2D eigenvalue weighted by molar-refractivity contribution is 6.42. The van der Waals surface area contributed by atoms with E-state index < -0.39 is 0 Å². The third kappa shape index (κ3) is 2.90. The molecule has 0 bridgehead atoms. The monoisotopic (exact) mass is 412 g/mol. The molecule has 0 aliphatic carbocycles. The van der Waals surface area contributed by atoms with E-state index >= 15 is 0 Å². The van der Waals surface area contributed by atoms with Crippen LogP contribution in [0.15, 0.2) is 47.2 Å². The Morgan fingerprint density at radius 1 is 1.07 bits per heavy atom. The van der Waals surface area contributed by atoms with Crippen LogP contribution in [0.25, 0.3) is 33.9 Å². The lowest BCUT2D eigenvalue weighted by Crippen LogP contribution is -2.02. The molecule has 5 rings (SSSR count). The Bertz CT molecular complexity index is 1250. The first-order valence-electron chi connectivity index (χ1n) is 8.15. The first-order chi connectivity index (χ1) is 13.7. The second-order valence-corrected chi connectivity index (χ2v) is 6.82. The van der Waals surface area contributed by atoms with Crippen molar-refractivity contribution in [2.45, 2.75) is 6.54 Å². The van der Waals surface area contributed by atoms with Crippen molar-refractivity contribution in [2.24, 2.45) is 0 Å². The molecule has 0 amide bonds. The maximum atomic E-state index is 6.23. The van der Waals surface area contributed by atoms with Gasteiger partial charge in [0, 0.05) is 12.1 Å². The van der Waals surface area contributed by atoms with Crippen molar-refractivity contribution in [1.82, 2.24) is 40.5 Å². The average molecular weight is 413 g/mol. The van der Waals surface area contributed by atoms with E-state index in [1.807, 2.05) is 28.8 Å². The molecule has 3 aromatic heterocycles. The van der Waals surface area contributed by atoms with Crippen molar-refractivity contribution in [2.75, 3.05) is 0 Å². The van der Waals surface area contributed by atoms with Gasteiger partial charge < -0.3 is 4.57 Å². The number of hydrogen-bond acceptors (Lipinski definition) is 7. The fraction of sp³-hybridized carbons (Fsp3) is 0.0588. The standard InChI is InChI=1S/C17H10Cl2N8O/c18-11-5-13-15(6-12(11)19)27(17(21-13)14-7-20-28-24-14)8-9-1-3-10(4-2-9)16-22-25-26-23-16/h1-7H,8H2,(H,22,23,25,26). The molecular formula is C17H10Cl2N8O. The lowest BCUT2D eigenvalue weighted by atomic mass is 10.1. The van der Waals surface area contributed by atoms with Crippen molar-refractivity contribution < 1.29 is 4.63 Å². The summed E-state index contributed by atoms with van der Waals surface area (Å²) in [6.07, 6.45) is 1.51. The van der Waals surface area contributed by atoms with E-state index in [-0.39, 0.29) is 0 Å². The van der Waals surface area contributed by atoms with E-state index in [0.29, 0.717) is 39.4 Å². The maximum Gasteiger partial charge on any atom is 0.204 e. The first-order valence-corrected chi connectivity index (χ1v) is 8.90. The minimum absolute atomic E-state index is 0.438. The Morgan fingerprint density at radius 2 is 1.89 bits per heavy atom. The average Bonchev–Trinajstić information content (AvgIpc) is 3.45. The molecule has 0 radical (unpaired) electrons. The normalized spacial score (nSPS) is 11.4. The summed E-state index contributed by atoms with van der Waals surface area (Å²) in [6, 6.07) is 11.4. The van der Waals surface area contributed by atoms with E-state index in [2.05, 4.69) is 35.9 Å². The lowest BCUT2D eigenvalue weighted by Gasteiger charge is -2.09. The Balaban J connectivity index is 1.59. The molecule has 0 saturated carbocycles. The molecule has 0 unspecified atom stereocenters. The smallest absolute Gasteiger partial charge is 0.204 e.